The number of aryl methyl sites for hydroxylation is 1. The van der Waals surface area contributed by atoms with E-state index in [2.05, 4.69) is 5.32 Å². The highest BCUT2D eigenvalue weighted by Crippen LogP contribution is 2.27. The highest BCUT2D eigenvalue weighted by molar-refractivity contribution is 5.95. The minimum atomic E-state index is -0.342. The van der Waals surface area contributed by atoms with E-state index in [9.17, 15) is 14.4 Å². The van der Waals surface area contributed by atoms with Gasteiger partial charge in [-0.15, -0.1) is 0 Å². The molecule has 2 heterocycles. The van der Waals surface area contributed by atoms with E-state index in [4.69, 9.17) is 0 Å². The Labute approximate surface area is 139 Å². The van der Waals surface area contributed by atoms with Gasteiger partial charge in [-0.1, -0.05) is 30.3 Å². The summed E-state index contributed by atoms with van der Waals surface area (Å²) in [6.45, 7) is 0.804. The minimum absolute atomic E-state index is 0.0804. The summed E-state index contributed by atoms with van der Waals surface area (Å²) in [5, 5.41) is 2.80. The molecule has 6 heteroatoms. The predicted octanol–water partition coefficient (Wildman–Crippen LogP) is 1.09. The van der Waals surface area contributed by atoms with Crippen LogP contribution < -0.4 is 10.9 Å². The number of nitrogens with zero attached hydrogens (tertiary/aromatic N) is 2. The van der Waals surface area contributed by atoms with Crippen LogP contribution in [0.2, 0.25) is 0 Å². The SMILES string of the molecule is Cn1ccc(C(=O)N2CCNC(=O)C[C@H]2c2ccccc2)cc1=O. The van der Waals surface area contributed by atoms with Crippen molar-refractivity contribution in [1.29, 1.82) is 0 Å². The van der Waals surface area contributed by atoms with Crippen LogP contribution in [0.15, 0.2) is 53.5 Å². The number of hydrogen-bond donors (Lipinski definition) is 1. The third-order valence-electron chi connectivity index (χ3n) is 4.23. The van der Waals surface area contributed by atoms with E-state index in [1.165, 1.54) is 10.6 Å². The average molecular weight is 325 g/mol. The van der Waals surface area contributed by atoms with E-state index in [-0.39, 0.29) is 29.8 Å². The summed E-state index contributed by atoms with van der Waals surface area (Å²) in [6.07, 6.45) is 1.79. The zero-order chi connectivity index (χ0) is 17.1. The van der Waals surface area contributed by atoms with Gasteiger partial charge in [-0.3, -0.25) is 14.4 Å². The number of benzene rings is 1. The van der Waals surface area contributed by atoms with Crippen LogP contribution in [-0.2, 0) is 11.8 Å². The lowest BCUT2D eigenvalue weighted by Crippen LogP contribution is -2.37. The van der Waals surface area contributed by atoms with Crippen molar-refractivity contribution in [3.8, 4) is 0 Å². The van der Waals surface area contributed by atoms with Gasteiger partial charge < -0.3 is 14.8 Å². The molecule has 1 N–H and O–H groups in total. The topological polar surface area (TPSA) is 71.4 Å². The number of hydrogen-bond acceptors (Lipinski definition) is 3. The monoisotopic (exact) mass is 325 g/mol. The van der Waals surface area contributed by atoms with Crippen molar-refractivity contribution in [2.45, 2.75) is 12.5 Å². The zero-order valence-corrected chi connectivity index (χ0v) is 13.4. The van der Waals surface area contributed by atoms with Gasteiger partial charge in [0.1, 0.15) is 0 Å². The standard InChI is InChI=1S/C18H19N3O3/c1-20-9-7-14(11-17(20)23)18(24)21-10-8-19-16(22)12-15(21)13-5-3-2-4-6-13/h2-7,9,11,15H,8,10,12H2,1H3,(H,19,22)/t15-/m0/s1. The first kappa shape index (κ1) is 16.0. The smallest absolute Gasteiger partial charge is 0.254 e. The Hall–Kier alpha value is -2.89. The summed E-state index contributed by atoms with van der Waals surface area (Å²) in [7, 11) is 1.64. The third-order valence-corrected chi connectivity index (χ3v) is 4.23. The maximum atomic E-state index is 12.9. The molecule has 1 aliphatic heterocycles. The fraction of sp³-hybridized carbons (Fsp3) is 0.278. The van der Waals surface area contributed by atoms with E-state index in [1.807, 2.05) is 30.3 Å². The van der Waals surface area contributed by atoms with Crippen molar-refractivity contribution in [2.24, 2.45) is 7.05 Å². The lowest BCUT2D eigenvalue weighted by atomic mass is 10.0. The first-order chi connectivity index (χ1) is 11.6. The molecule has 24 heavy (non-hydrogen) atoms. The zero-order valence-electron chi connectivity index (χ0n) is 13.4. The van der Waals surface area contributed by atoms with Crippen LogP contribution >= 0.6 is 0 Å². The van der Waals surface area contributed by atoms with Gasteiger partial charge in [0.25, 0.3) is 11.5 Å². The Morgan fingerprint density at radius 1 is 1.17 bits per heavy atom. The van der Waals surface area contributed by atoms with Crippen LogP contribution in [0.1, 0.15) is 28.4 Å². The van der Waals surface area contributed by atoms with E-state index >= 15 is 0 Å². The van der Waals surface area contributed by atoms with Crippen LogP contribution in [0, 0.1) is 0 Å². The van der Waals surface area contributed by atoms with Gasteiger partial charge in [0.2, 0.25) is 5.91 Å². The number of rotatable bonds is 2. The molecule has 0 unspecified atom stereocenters. The van der Waals surface area contributed by atoms with Crippen molar-refractivity contribution in [3.63, 3.8) is 0 Å². The predicted molar refractivity (Wildman–Crippen MR) is 89.5 cm³/mol. The van der Waals surface area contributed by atoms with Gasteiger partial charge in [-0.2, -0.15) is 0 Å². The van der Waals surface area contributed by atoms with E-state index in [1.54, 1.807) is 24.2 Å². The van der Waals surface area contributed by atoms with Crippen molar-refractivity contribution < 1.29 is 9.59 Å². The largest absolute Gasteiger partial charge is 0.354 e. The summed E-state index contributed by atoms with van der Waals surface area (Å²) in [5.41, 5.74) is 1.02. The normalized spacial score (nSPS) is 18.0. The molecule has 1 aromatic carbocycles. The van der Waals surface area contributed by atoms with Gasteiger partial charge in [-0.25, -0.2) is 0 Å². The average Bonchev–Trinajstić information content (AvgIpc) is 2.79. The van der Waals surface area contributed by atoms with Crippen molar-refractivity contribution in [3.05, 3.63) is 70.1 Å². The van der Waals surface area contributed by atoms with Gasteiger partial charge in [0.05, 0.1) is 12.5 Å². The maximum absolute atomic E-state index is 12.9. The van der Waals surface area contributed by atoms with Gasteiger partial charge in [-0.05, 0) is 11.6 Å². The quantitative estimate of drug-likeness (QED) is 0.898. The number of carbonyl (C=O) groups is 2. The third kappa shape index (κ3) is 3.22. The van der Waals surface area contributed by atoms with Crippen LogP contribution in [0.25, 0.3) is 0 Å². The number of amides is 2. The molecule has 3 rings (SSSR count). The summed E-state index contributed by atoms with van der Waals surface area (Å²) >= 11 is 0. The Morgan fingerprint density at radius 3 is 2.62 bits per heavy atom. The molecule has 1 fully saturated rings. The molecule has 1 saturated heterocycles. The summed E-state index contributed by atoms with van der Waals surface area (Å²) in [4.78, 5) is 38.4. The van der Waals surface area contributed by atoms with Crippen LogP contribution in [0.4, 0.5) is 0 Å². The molecule has 0 bridgehead atoms. The lowest BCUT2D eigenvalue weighted by Gasteiger charge is -2.29. The molecule has 1 aromatic heterocycles. The van der Waals surface area contributed by atoms with E-state index in [0.717, 1.165) is 5.56 Å². The highest BCUT2D eigenvalue weighted by atomic mass is 16.2. The summed E-state index contributed by atoms with van der Waals surface area (Å²) in [6, 6.07) is 12.1. The van der Waals surface area contributed by atoms with Crippen molar-refractivity contribution in [2.75, 3.05) is 13.1 Å². The molecule has 0 spiro atoms. The first-order valence-electron chi connectivity index (χ1n) is 7.85. The summed E-state index contributed by atoms with van der Waals surface area (Å²) < 4.78 is 1.42. The van der Waals surface area contributed by atoms with E-state index < -0.39 is 0 Å². The van der Waals surface area contributed by atoms with Gasteiger partial charge >= 0.3 is 0 Å². The molecule has 1 atom stereocenters. The Kier molecular flexibility index (Phi) is 4.46. The molecule has 6 nitrogen and oxygen atoms in total. The van der Waals surface area contributed by atoms with Crippen LogP contribution in [-0.4, -0.2) is 34.4 Å². The minimum Gasteiger partial charge on any atom is -0.354 e. The molecule has 2 aromatic rings. The maximum Gasteiger partial charge on any atom is 0.254 e. The highest BCUT2D eigenvalue weighted by Gasteiger charge is 2.30. The second-order valence-electron chi connectivity index (χ2n) is 5.84. The van der Waals surface area contributed by atoms with Gasteiger partial charge in [0, 0.05) is 38.0 Å². The Morgan fingerprint density at radius 2 is 1.92 bits per heavy atom. The number of pyridine rings is 1. The van der Waals surface area contributed by atoms with Crippen LogP contribution in [0.3, 0.4) is 0 Å². The molecular weight excluding hydrogens is 306 g/mol. The number of nitrogens with one attached hydrogen (secondary N) is 1. The second-order valence-corrected chi connectivity index (χ2v) is 5.84. The second kappa shape index (κ2) is 6.70. The van der Waals surface area contributed by atoms with Crippen molar-refractivity contribution in [1.82, 2.24) is 14.8 Å². The van der Waals surface area contributed by atoms with E-state index in [0.29, 0.717) is 18.7 Å². The molecule has 124 valence electrons. The first-order valence-corrected chi connectivity index (χ1v) is 7.85. The molecule has 1 aliphatic rings. The number of carbonyl (C=O) groups excluding carboxylic acids is 2. The van der Waals surface area contributed by atoms with Crippen molar-refractivity contribution >= 4 is 11.8 Å². The van der Waals surface area contributed by atoms with Crippen LogP contribution in [0.5, 0.6) is 0 Å². The molecular formula is C18H19N3O3. The molecule has 0 saturated carbocycles. The van der Waals surface area contributed by atoms with Gasteiger partial charge in [0.15, 0.2) is 0 Å². The fourth-order valence-electron chi connectivity index (χ4n) is 2.89. The lowest BCUT2D eigenvalue weighted by molar-refractivity contribution is -0.121. The fourth-order valence-corrected chi connectivity index (χ4v) is 2.89. The number of aromatic nitrogens is 1. The Balaban J connectivity index is 1.98. The molecule has 0 aliphatic carbocycles. The Bertz CT molecular complexity index is 814. The molecule has 2 amide bonds. The molecule has 0 radical (unpaired) electrons. The summed E-state index contributed by atoms with van der Waals surface area (Å²) in [5.74, 6) is -0.318.